The summed E-state index contributed by atoms with van der Waals surface area (Å²) >= 11 is 0. The standard InChI is InChI=1S/C21H21FN4O/c1-13-12-14(2)24-21(23-13)26-19-7-5-4-6-18(19)20(27)25-15(3)16-8-10-17(22)11-9-16/h4-12,15H,1-3H3,(H,25,27)(H,23,24,26). The summed E-state index contributed by atoms with van der Waals surface area (Å²) in [6.45, 7) is 5.64. The average Bonchev–Trinajstić information content (AvgIpc) is 2.61. The van der Waals surface area contributed by atoms with Gasteiger partial charge in [-0.1, -0.05) is 24.3 Å². The SMILES string of the molecule is Cc1cc(C)nc(Nc2ccccc2C(=O)NC(C)c2ccc(F)cc2)n1. The third-order valence-corrected chi connectivity index (χ3v) is 4.12. The minimum Gasteiger partial charge on any atom is -0.345 e. The number of amides is 1. The number of aromatic nitrogens is 2. The lowest BCUT2D eigenvalue weighted by atomic mass is 10.1. The number of carbonyl (C=O) groups excluding carboxylic acids is 1. The van der Waals surface area contributed by atoms with Crippen molar-refractivity contribution in [3.05, 3.63) is 82.9 Å². The number of para-hydroxylation sites is 1. The summed E-state index contributed by atoms with van der Waals surface area (Å²) in [6, 6.07) is 14.9. The predicted molar refractivity (Wildman–Crippen MR) is 104 cm³/mol. The number of benzene rings is 2. The minimum absolute atomic E-state index is 0.237. The van der Waals surface area contributed by atoms with E-state index in [9.17, 15) is 9.18 Å². The van der Waals surface area contributed by atoms with Gasteiger partial charge in [0.2, 0.25) is 5.95 Å². The Balaban J connectivity index is 1.80. The first kappa shape index (κ1) is 18.5. The summed E-state index contributed by atoms with van der Waals surface area (Å²) in [7, 11) is 0. The van der Waals surface area contributed by atoms with E-state index >= 15 is 0 Å². The molecule has 0 aliphatic rings. The van der Waals surface area contributed by atoms with Crippen LogP contribution < -0.4 is 10.6 Å². The lowest BCUT2D eigenvalue weighted by Gasteiger charge is -2.16. The molecule has 2 aromatic carbocycles. The number of rotatable bonds is 5. The molecule has 0 aliphatic heterocycles. The highest BCUT2D eigenvalue weighted by Gasteiger charge is 2.15. The number of hydrogen-bond acceptors (Lipinski definition) is 4. The first-order valence-corrected chi connectivity index (χ1v) is 8.67. The van der Waals surface area contributed by atoms with Gasteiger partial charge in [-0.25, -0.2) is 14.4 Å². The Morgan fingerprint density at radius 3 is 2.30 bits per heavy atom. The minimum atomic E-state index is -0.305. The molecule has 1 aromatic heterocycles. The molecule has 0 bridgehead atoms. The lowest BCUT2D eigenvalue weighted by Crippen LogP contribution is -2.27. The van der Waals surface area contributed by atoms with Gasteiger partial charge in [-0.2, -0.15) is 0 Å². The van der Waals surface area contributed by atoms with Gasteiger partial charge >= 0.3 is 0 Å². The number of carbonyl (C=O) groups is 1. The Labute approximate surface area is 157 Å². The molecular weight excluding hydrogens is 343 g/mol. The summed E-state index contributed by atoms with van der Waals surface area (Å²) in [4.78, 5) is 21.5. The highest BCUT2D eigenvalue weighted by atomic mass is 19.1. The van der Waals surface area contributed by atoms with Gasteiger partial charge in [0.05, 0.1) is 17.3 Å². The van der Waals surface area contributed by atoms with E-state index in [-0.39, 0.29) is 17.8 Å². The summed E-state index contributed by atoms with van der Waals surface area (Å²) < 4.78 is 13.1. The molecule has 0 fully saturated rings. The quantitative estimate of drug-likeness (QED) is 0.701. The van der Waals surface area contributed by atoms with Gasteiger partial charge in [-0.3, -0.25) is 4.79 Å². The zero-order chi connectivity index (χ0) is 19.4. The van der Waals surface area contributed by atoms with Gasteiger partial charge in [-0.15, -0.1) is 0 Å². The topological polar surface area (TPSA) is 66.9 Å². The monoisotopic (exact) mass is 364 g/mol. The maximum atomic E-state index is 13.1. The van der Waals surface area contributed by atoms with E-state index in [2.05, 4.69) is 20.6 Å². The number of nitrogens with zero attached hydrogens (tertiary/aromatic N) is 2. The molecule has 0 radical (unpaired) electrons. The summed E-state index contributed by atoms with van der Waals surface area (Å²) in [5, 5.41) is 6.06. The highest BCUT2D eigenvalue weighted by Crippen LogP contribution is 2.21. The second kappa shape index (κ2) is 7.95. The van der Waals surface area contributed by atoms with Crippen molar-refractivity contribution in [3.8, 4) is 0 Å². The van der Waals surface area contributed by atoms with Gasteiger partial charge in [0, 0.05) is 11.4 Å². The van der Waals surface area contributed by atoms with Crippen molar-refractivity contribution in [2.24, 2.45) is 0 Å². The third-order valence-electron chi connectivity index (χ3n) is 4.12. The molecule has 0 spiro atoms. The van der Waals surface area contributed by atoms with Crippen LogP contribution in [0, 0.1) is 19.7 Å². The Kier molecular flexibility index (Phi) is 5.45. The highest BCUT2D eigenvalue weighted by molar-refractivity contribution is 6.00. The average molecular weight is 364 g/mol. The molecule has 2 N–H and O–H groups in total. The van der Waals surface area contributed by atoms with Crippen molar-refractivity contribution in [1.82, 2.24) is 15.3 Å². The van der Waals surface area contributed by atoms with Crippen LogP contribution in [0.4, 0.5) is 16.0 Å². The van der Waals surface area contributed by atoms with E-state index in [0.29, 0.717) is 17.2 Å². The van der Waals surface area contributed by atoms with Crippen molar-refractivity contribution >= 4 is 17.5 Å². The zero-order valence-corrected chi connectivity index (χ0v) is 15.5. The van der Waals surface area contributed by atoms with Crippen LogP contribution >= 0.6 is 0 Å². The molecule has 1 amide bonds. The second-order valence-corrected chi connectivity index (χ2v) is 6.39. The van der Waals surface area contributed by atoms with Gasteiger partial charge < -0.3 is 10.6 Å². The van der Waals surface area contributed by atoms with E-state index in [1.807, 2.05) is 32.9 Å². The first-order chi connectivity index (χ1) is 12.9. The number of aryl methyl sites for hydroxylation is 2. The largest absolute Gasteiger partial charge is 0.345 e. The van der Waals surface area contributed by atoms with Crippen LogP contribution in [0.1, 0.15) is 40.3 Å². The zero-order valence-electron chi connectivity index (χ0n) is 15.5. The molecule has 1 atom stereocenters. The fraction of sp³-hybridized carbons (Fsp3) is 0.190. The van der Waals surface area contributed by atoms with E-state index in [0.717, 1.165) is 17.0 Å². The first-order valence-electron chi connectivity index (χ1n) is 8.67. The van der Waals surface area contributed by atoms with E-state index in [4.69, 9.17) is 0 Å². The summed E-state index contributed by atoms with van der Waals surface area (Å²) in [6.07, 6.45) is 0. The maximum absolute atomic E-state index is 13.1. The molecule has 6 heteroatoms. The fourth-order valence-electron chi connectivity index (χ4n) is 2.80. The van der Waals surface area contributed by atoms with E-state index < -0.39 is 0 Å². The number of nitrogens with one attached hydrogen (secondary N) is 2. The van der Waals surface area contributed by atoms with Crippen LogP contribution in [0.5, 0.6) is 0 Å². The van der Waals surface area contributed by atoms with E-state index in [1.54, 1.807) is 30.3 Å². The van der Waals surface area contributed by atoms with Crippen molar-refractivity contribution in [1.29, 1.82) is 0 Å². The molecule has 3 rings (SSSR count). The number of hydrogen-bond donors (Lipinski definition) is 2. The van der Waals surface area contributed by atoms with Crippen LogP contribution in [0.3, 0.4) is 0 Å². The predicted octanol–water partition coefficient (Wildman–Crippen LogP) is 4.47. The smallest absolute Gasteiger partial charge is 0.253 e. The molecule has 138 valence electrons. The van der Waals surface area contributed by atoms with Crippen LogP contribution in [-0.2, 0) is 0 Å². The summed E-state index contributed by atoms with van der Waals surface area (Å²) in [5.41, 5.74) is 3.61. The van der Waals surface area contributed by atoms with Gasteiger partial charge in [0.15, 0.2) is 0 Å². The Morgan fingerprint density at radius 2 is 1.63 bits per heavy atom. The lowest BCUT2D eigenvalue weighted by molar-refractivity contribution is 0.0940. The molecular formula is C21H21FN4O. The molecule has 5 nitrogen and oxygen atoms in total. The maximum Gasteiger partial charge on any atom is 0.253 e. The Morgan fingerprint density at radius 1 is 1.00 bits per heavy atom. The number of halogens is 1. The van der Waals surface area contributed by atoms with Crippen molar-refractivity contribution in [2.75, 3.05) is 5.32 Å². The third kappa shape index (κ3) is 4.67. The van der Waals surface area contributed by atoms with Crippen LogP contribution in [0.2, 0.25) is 0 Å². The van der Waals surface area contributed by atoms with Crippen LogP contribution in [-0.4, -0.2) is 15.9 Å². The van der Waals surface area contributed by atoms with Gasteiger partial charge in [-0.05, 0) is 56.7 Å². The molecule has 0 saturated heterocycles. The van der Waals surface area contributed by atoms with Crippen LogP contribution in [0.25, 0.3) is 0 Å². The van der Waals surface area contributed by atoms with Crippen molar-refractivity contribution in [2.45, 2.75) is 26.8 Å². The Hall–Kier alpha value is -3.28. The van der Waals surface area contributed by atoms with Crippen molar-refractivity contribution < 1.29 is 9.18 Å². The fourth-order valence-corrected chi connectivity index (χ4v) is 2.80. The second-order valence-electron chi connectivity index (χ2n) is 6.39. The molecule has 1 heterocycles. The molecule has 1 unspecified atom stereocenters. The van der Waals surface area contributed by atoms with Crippen molar-refractivity contribution in [3.63, 3.8) is 0 Å². The molecule has 0 saturated carbocycles. The number of anilines is 2. The molecule has 3 aromatic rings. The molecule has 0 aliphatic carbocycles. The molecule has 27 heavy (non-hydrogen) atoms. The van der Waals surface area contributed by atoms with E-state index in [1.165, 1.54) is 12.1 Å². The van der Waals surface area contributed by atoms with Crippen LogP contribution in [0.15, 0.2) is 54.6 Å². The van der Waals surface area contributed by atoms with Gasteiger partial charge in [0.1, 0.15) is 5.82 Å². The summed E-state index contributed by atoms with van der Waals surface area (Å²) in [5.74, 6) is -0.0982. The normalized spacial score (nSPS) is 11.7. The van der Waals surface area contributed by atoms with Gasteiger partial charge in [0.25, 0.3) is 5.91 Å². The Bertz CT molecular complexity index is 936.